The van der Waals surface area contributed by atoms with Crippen molar-refractivity contribution >= 4 is 17.5 Å². The number of H-pyrrole nitrogens is 1. The Kier molecular flexibility index (Phi) is 3.99. The highest BCUT2D eigenvalue weighted by Crippen LogP contribution is 2.11. The minimum absolute atomic E-state index is 0.0496. The van der Waals surface area contributed by atoms with Gasteiger partial charge in [0.1, 0.15) is 0 Å². The number of aromatic nitrogens is 2. The Morgan fingerprint density at radius 3 is 2.78 bits per heavy atom. The molecular weight excluding hydrogens is 250 g/mol. The van der Waals surface area contributed by atoms with E-state index in [1.54, 1.807) is 6.20 Å². The van der Waals surface area contributed by atoms with Gasteiger partial charge in [0.05, 0.1) is 11.8 Å². The van der Waals surface area contributed by atoms with Crippen molar-refractivity contribution < 1.29 is 4.79 Å². The van der Waals surface area contributed by atoms with Crippen molar-refractivity contribution in [3.63, 3.8) is 0 Å². The average molecular weight is 264 g/mol. The first-order chi connectivity index (χ1) is 8.65. The van der Waals surface area contributed by atoms with Crippen LogP contribution in [-0.2, 0) is 6.42 Å². The third-order valence-electron chi connectivity index (χ3n) is 2.59. The molecule has 1 heterocycles. The summed E-state index contributed by atoms with van der Waals surface area (Å²) in [6, 6.07) is 7.67. The predicted octanol–water partition coefficient (Wildman–Crippen LogP) is 2.42. The fourth-order valence-electron chi connectivity index (χ4n) is 1.71. The molecule has 0 spiro atoms. The van der Waals surface area contributed by atoms with Gasteiger partial charge < -0.3 is 5.32 Å². The maximum absolute atomic E-state index is 11.8. The molecule has 18 heavy (non-hydrogen) atoms. The Labute approximate surface area is 110 Å². The number of carbonyl (C=O) groups excluding carboxylic acids is 1. The SMILES string of the molecule is CC(Cc1ccc(Cl)cc1)NC(=O)c1cn[nH]c1. The summed E-state index contributed by atoms with van der Waals surface area (Å²) in [6.45, 7) is 1.96. The van der Waals surface area contributed by atoms with Crippen LogP contribution in [0, 0.1) is 0 Å². The zero-order valence-corrected chi connectivity index (χ0v) is 10.7. The van der Waals surface area contributed by atoms with E-state index in [2.05, 4.69) is 15.5 Å². The van der Waals surface area contributed by atoms with Gasteiger partial charge in [0, 0.05) is 17.3 Å². The van der Waals surface area contributed by atoms with Crippen LogP contribution in [0.5, 0.6) is 0 Å². The predicted molar refractivity (Wildman–Crippen MR) is 70.7 cm³/mol. The highest BCUT2D eigenvalue weighted by atomic mass is 35.5. The molecular formula is C13H14ClN3O. The maximum atomic E-state index is 11.8. The molecule has 1 unspecified atom stereocenters. The molecule has 0 aliphatic carbocycles. The van der Waals surface area contributed by atoms with Gasteiger partial charge in [-0.05, 0) is 31.0 Å². The number of rotatable bonds is 4. The summed E-state index contributed by atoms with van der Waals surface area (Å²) in [4.78, 5) is 11.8. The average Bonchev–Trinajstić information content (AvgIpc) is 2.85. The van der Waals surface area contributed by atoms with E-state index in [9.17, 15) is 4.79 Å². The van der Waals surface area contributed by atoms with Crippen molar-refractivity contribution in [2.45, 2.75) is 19.4 Å². The number of nitrogens with one attached hydrogen (secondary N) is 2. The third-order valence-corrected chi connectivity index (χ3v) is 2.85. The molecule has 0 bridgehead atoms. The highest BCUT2D eigenvalue weighted by Gasteiger charge is 2.10. The number of amides is 1. The second-order valence-electron chi connectivity index (χ2n) is 4.19. The van der Waals surface area contributed by atoms with Gasteiger partial charge in [-0.1, -0.05) is 23.7 Å². The molecule has 0 aliphatic rings. The Balaban J connectivity index is 1.90. The number of aromatic amines is 1. The maximum Gasteiger partial charge on any atom is 0.254 e. The van der Waals surface area contributed by atoms with Crippen LogP contribution in [0.1, 0.15) is 22.8 Å². The molecule has 1 aromatic heterocycles. The summed E-state index contributed by atoms with van der Waals surface area (Å²) >= 11 is 5.82. The summed E-state index contributed by atoms with van der Waals surface area (Å²) in [5.41, 5.74) is 1.68. The molecule has 2 aromatic rings. The highest BCUT2D eigenvalue weighted by molar-refractivity contribution is 6.30. The van der Waals surface area contributed by atoms with E-state index < -0.39 is 0 Å². The molecule has 4 nitrogen and oxygen atoms in total. The van der Waals surface area contributed by atoms with Crippen LogP contribution >= 0.6 is 11.6 Å². The van der Waals surface area contributed by atoms with Crippen LogP contribution in [0.25, 0.3) is 0 Å². The Hall–Kier alpha value is -1.81. The van der Waals surface area contributed by atoms with Crippen molar-refractivity contribution in [1.82, 2.24) is 15.5 Å². The lowest BCUT2D eigenvalue weighted by Gasteiger charge is -2.13. The quantitative estimate of drug-likeness (QED) is 0.890. The molecule has 2 rings (SSSR count). The monoisotopic (exact) mass is 263 g/mol. The lowest BCUT2D eigenvalue weighted by atomic mass is 10.1. The minimum atomic E-state index is -0.120. The van der Waals surface area contributed by atoms with Gasteiger partial charge in [0.15, 0.2) is 0 Å². The molecule has 1 aromatic carbocycles. The molecule has 0 saturated heterocycles. The number of halogens is 1. The first-order valence-corrected chi connectivity index (χ1v) is 6.07. The number of hydrogen-bond acceptors (Lipinski definition) is 2. The van der Waals surface area contributed by atoms with E-state index in [-0.39, 0.29) is 11.9 Å². The zero-order chi connectivity index (χ0) is 13.0. The Bertz CT molecular complexity index is 508. The van der Waals surface area contributed by atoms with Crippen molar-refractivity contribution in [3.8, 4) is 0 Å². The van der Waals surface area contributed by atoms with E-state index in [0.717, 1.165) is 12.0 Å². The Morgan fingerprint density at radius 1 is 1.44 bits per heavy atom. The van der Waals surface area contributed by atoms with Crippen molar-refractivity contribution in [2.75, 3.05) is 0 Å². The van der Waals surface area contributed by atoms with Crippen LogP contribution in [-0.4, -0.2) is 22.1 Å². The number of benzene rings is 1. The van der Waals surface area contributed by atoms with E-state index in [0.29, 0.717) is 10.6 Å². The largest absolute Gasteiger partial charge is 0.349 e. The van der Waals surface area contributed by atoms with Gasteiger partial charge in [-0.15, -0.1) is 0 Å². The lowest BCUT2D eigenvalue weighted by Crippen LogP contribution is -2.33. The van der Waals surface area contributed by atoms with Crippen LogP contribution < -0.4 is 5.32 Å². The molecule has 1 atom stereocenters. The summed E-state index contributed by atoms with van der Waals surface area (Å²) < 4.78 is 0. The third kappa shape index (κ3) is 3.34. The van der Waals surface area contributed by atoms with E-state index >= 15 is 0 Å². The van der Waals surface area contributed by atoms with Gasteiger partial charge in [0.25, 0.3) is 5.91 Å². The zero-order valence-electron chi connectivity index (χ0n) is 9.98. The first kappa shape index (κ1) is 12.6. The van der Waals surface area contributed by atoms with Gasteiger partial charge in [-0.2, -0.15) is 5.10 Å². The summed E-state index contributed by atoms with van der Waals surface area (Å²) in [5.74, 6) is -0.120. The number of nitrogens with zero attached hydrogens (tertiary/aromatic N) is 1. The summed E-state index contributed by atoms with van der Waals surface area (Å²) in [6.07, 6.45) is 3.84. The standard InChI is InChI=1S/C13H14ClN3O/c1-9(6-10-2-4-12(14)5-3-10)17-13(18)11-7-15-16-8-11/h2-5,7-9H,6H2,1H3,(H,15,16)(H,17,18). The summed E-state index contributed by atoms with van der Waals surface area (Å²) in [5, 5.41) is 9.99. The van der Waals surface area contributed by atoms with Crippen LogP contribution in [0.3, 0.4) is 0 Å². The van der Waals surface area contributed by atoms with Crippen LogP contribution in [0.2, 0.25) is 5.02 Å². The molecule has 0 aliphatic heterocycles. The molecule has 1 amide bonds. The molecule has 0 saturated carbocycles. The molecule has 0 radical (unpaired) electrons. The minimum Gasteiger partial charge on any atom is -0.349 e. The van der Waals surface area contributed by atoms with Crippen molar-refractivity contribution in [2.24, 2.45) is 0 Å². The first-order valence-electron chi connectivity index (χ1n) is 5.69. The molecule has 94 valence electrons. The molecule has 2 N–H and O–H groups in total. The van der Waals surface area contributed by atoms with Crippen molar-refractivity contribution in [1.29, 1.82) is 0 Å². The van der Waals surface area contributed by atoms with Crippen LogP contribution in [0.15, 0.2) is 36.7 Å². The van der Waals surface area contributed by atoms with E-state index in [1.807, 2.05) is 31.2 Å². The lowest BCUT2D eigenvalue weighted by molar-refractivity contribution is 0.0940. The fraction of sp³-hybridized carbons (Fsp3) is 0.231. The molecule has 0 fully saturated rings. The van der Waals surface area contributed by atoms with E-state index in [4.69, 9.17) is 11.6 Å². The fourth-order valence-corrected chi connectivity index (χ4v) is 1.83. The summed E-state index contributed by atoms with van der Waals surface area (Å²) in [7, 11) is 0. The van der Waals surface area contributed by atoms with E-state index in [1.165, 1.54) is 6.20 Å². The van der Waals surface area contributed by atoms with Gasteiger partial charge in [-0.3, -0.25) is 9.89 Å². The second-order valence-corrected chi connectivity index (χ2v) is 4.63. The van der Waals surface area contributed by atoms with Gasteiger partial charge in [-0.25, -0.2) is 0 Å². The van der Waals surface area contributed by atoms with Crippen LogP contribution in [0.4, 0.5) is 0 Å². The topological polar surface area (TPSA) is 57.8 Å². The van der Waals surface area contributed by atoms with Crippen molar-refractivity contribution in [3.05, 3.63) is 52.8 Å². The Morgan fingerprint density at radius 2 is 2.17 bits per heavy atom. The number of hydrogen-bond donors (Lipinski definition) is 2. The smallest absolute Gasteiger partial charge is 0.254 e. The normalized spacial score (nSPS) is 12.1. The van der Waals surface area contributed by atoms with Gasteiger partial charge >= 0.3 is 0 Å². The molecule has 5 heteroatoms. The number of carbonyl (C=O) groups is 1. The second kappa shape index (κ2) is 5.69. The van der Waals surface area contributed by atoms with Gasteiger partial charge in [0.2, 0.25) is 0 Å².